The number of aromatic hydroxyl groups is 2. The number of phenolic OH excluding ortho intramolecular Hbond substituents is 2. The first-order chi connectivity index (χ1) is 66.6. The number of nitrogens with zero attached hydrogens (tertiary/aromatic N) is 1. The number of carbonyl (C=O) groups is 17. The number of anilines is 1. The van der Waals surface area contributed by atoms with Gasteiger partial charge in [0.05, 0.1) is 31.4 Å². The molecule has 0 radical (unpaired) electrons. The number of thiocarbonyl (C=S) groups is 1. The number of benzene rings is 6. The fourth-order valence-electron chi connectivity index (χ4n) is 15.5. The Hall–Kier alpha value is -14.7. The van der Waals surface area contributed by atoms with Crippen LogP contribution in [0.5, 0.6) is 11.5 Å². The number of hydrogen-bond acceptors (Lipinski definition) is 25. The summed E-state index contributed by atoms with van der Waals surface area (Å²) in [5.41, 5.74) is 13.8. The van der Waals surface area contributed by atoms with Gasteiger partial charge in [0.2, 0.25) is 76.8 Å². The number of aromatic carboxylic acids is 1. The SMILES string of the molecule is CC[C@H](C)[C@H](NC(=O)[C@H](CC(=O)O)NC(=O)[C@H](CO)NC(=O)CCNC(=S)Nc1ccc(-c2c3ccc(=O)cc-3oc3cc(O)ccc23)c(C(=O)O)c1)C(=O)N[C@@H](CSCc1ccccc1)C(=O)N[C@@H](CC(=O)O)C(=O)N[C@@H](Cc1ccccc1)C(=O)N[C@H](C(=O)N[C@@H](CC(C)C)C(=O)N[C@@H](CCCCN)C(=O)N[C@@H](CC(N)=O)C(=O)N[C@@H](Cc1ccc(O)cc1)C(=O)N1CCC[C@H]1C(=O)O)[C@@H](C)CC. The van der Waals surface area contributed by atoms with Crippen molar-refractivity contribution in [3.8, 4) is 33.9 Å². The van der Waals surface area contributed by atoms with Crippen molar-refractivity contribution < 1.29 is 122 Å². The summed E-state index contributed by atoms with van der Waals surface area (Å²) in [6, 6.07) is 15.0. The largest absolute Gasteiger partial charge is 0.508 e. The number of unbranched alkanes of at least 4 members (excludes halogenated alkanes) is 1. The van der Waals surface area contributed by atoms with Crippen LogP contribution in [-0.4, -0.2) is 251 Å². The summed E-state index contributed by atoms with van der Waals surface area (Å²) in [6.45, 7) is 8.71. The highest BCUT2D eigenvalue weighted by Crippen LogP contribution is 2.43. The molecule has 2 aliphatic heterocycles. The molecule has 1 fully saturated rings. The van der Waals surface area contributed by atoms with Gasteiger partial charge in [-0.15, -0.1) is 0 Å². The number of nitrogens with two attached hydrogens (primary N) is 2. The Morgan fingerprint density at radius 1 is 0.521 bits per heavy atom. The summed E-state index contributed by atoms with van der Waals surface area (Å²) in [7, 11) is 0. The van der Waals surface area contributed by atoms with Crippen LogP contribution in [-0.2, 0) is 95.3 Å². The van der Waals surface area contributed by atoms with E-state index in [1.165, 1.54) is 85.8 Å². The van der Waals surface area contributed by atoms with E-state index < -0.39 is 217 Å². The van der Waals surface area contributed by atoms with Gasteiger partial charge in [-0.25, -0.2) is 9.59 Å². The van der Waals surface area contributed by atoms with Gasteiger partial charge in [-0.1, -0.05) is 133 Å². The number of carboxylic acids is 4. The fourth-order valence-corrected chi connectivity index (χ4v) is 16.7. The number of amides is 13. The fraction of sp³-hybridized carbons (Fsp3) is 0.427. The molecule has 0 aromatic heterocycles. The lowest BCUT2D eigenvalue weighted by Crippen LogP contribution is -2.62. The van der Waals surface area contributed by atoms with E-state index in [1.807, 2.05) is 0 Å². The predicted octanol–water partition coefficient (Wildman–Crippen LogP) is 2.26. The minimum Gasteiger partial charge on any atom is -0.508 e. The van der Waals surface area contributed by atoms with Crippen LogP contribution in [0.15, 0.2) is 149 Å². The van der Waals surface area contributed by atoms with E-state index >= 15 is 4.79 Å². The minimum absolute atomic E-state index is 0.0303. The molecule has 13 amide bonds. The molecule has 3 aliphatic rings. The number of aliphatic carboxylic acids is 3. The quantitative estimate of drug-likeness (QED) is 0.0148. The Kier molecular flexibility index (Phi) is 42.6. The highest BCUT2D eigenvalue weighted by molar-refractivity contribution is 7.98. The van der Waals surface area contributed by atoms with Crippen LogP contribution in [0.4, 0.5) is 5.69 Å². The number of thioether (sulfide) groups is 1. The molecule has 8 rings (SSSR count). The van der Waals surface area contributed by atoms with Crippen LogP contribution in [0, 0.1) is 17.8 Å². The molecule has 1 aliphatic carbocycles. The lowest BCUT2D eigenvalue weighted by Gasteiger charge is -2.30. The maximum Gasteiger partial charge on any atom is 0.336 e. The lowest BCUT2D eigenvalue weighted by atomic mass is 9.90. The van der Waals surface area contributed by atoms with Crippen molar-refractivity contribution in [3.63, 3.8) is 0 Å². The molecule has 24 N–H and O–H groups in total. The summed E-state index contributed by atoms with van der Waals surface area (Å²) < 4.78 is 5.91. The number of phenols is 2. The third-order valence-electron chi connectivity index (χ3n) is 23.3. The van der Waals surface area contributed by atoms with Gasteiger partial charge in [0.15, 0.2) is 10.5 Å². The molecule has 140 heavy (non-hydrogen) atoms. The number of likely N-dealkylation sites (tertiary alicyclic amines) is 1. The van der Waals surface area contributed by atoms with E-state index in [9.17, 15) is 117 Å². The van der Waals surface area contributed by atoms with E-state index in [1.54, 1.807) is 95.3 Å². The Balaban J connectivity index is 0.946. The van der Waals surface area contributed by atoms with Crippen LogP contribution in [0.2, 0.25) is 0 Å². The van der Waals surface area contributed by atoms with Gasteiger partial charge in [-0.3, -0.25) is 76.7 Å². The van der Waals surface area contributed by atoms with Gasteiger partial charge in [0.1, 0.15) is 95.3 Å². The second-order valence-corrected chi connectivity index (χ2v) is 35.9. The van der Waals surface area contributed by atoms with Gasteiger partial charge in [-0.05, 0) is 146 Å². The van der Waals surface area contributed by atoms with Crippen molar-refractivity contribution in [1.82, 2.24) is 68.7 Å². The Morgan fingerprint density at radius 2 is 1.02 bits per heavy atom. The molecule has 2 heterocycles. The van der Waals surface area contributed by atoms with Crippen LogP contribution in [0.1, 0.15) is 146 Å². The zero-order valence-electron chi connectivity index (χ0n) is 77.9. The van der Waals surface area contributed by atoms with Gasteiger partial charge >= 0.3 is 23.9 Å². The van der Waals surface area contributed by atoms with E-state index in [-0.39, 0.29) is 139 Å². The highest BCUT2D eigenvalue weighted by atomic mass is 32.2. The molecule has 5 aromatic carbocycles. The average Bonchev–Trinajstić information content (AvgIpc) is 0.793. The number of hydrogen-bond donors (Lipinski definition) is 22. The molecular formula is C96H120N16O26S2. The lowest BCUT2D eigenvalue weighted by molar-refractivity contribution is -0.149. The Morgan fingerprint density at radius 3 is 1.59 bits per heavy atom. The molecule has 14 atom stereocenters. The Labute approximate surface area is 814 Å². The maximum absolute atomic E-state index is 15.1. The summed E-state index contributed by atoms with van der Waals surface area (Å²) in [5, 5.41) is 105. The molecular weight excluding hydrogens is 1860 g/mol. The second kappa shape index (κ2) is 53.9. The minimum atomic E-state index is -2.05. The number of aliphatic hydroxyl groups excluding tert-OH is 1. The third-order valence-corrected chi connectivity index (χ3v) is 24.6. The molecule has 42 nitrogen and oxygen atoms in total. The van der Waals surface area contributed by atoms with Gasteiger partial charge < -0.3 is 126 Å². The van der Waals surface area contributed by atoms with Gasteiger partial charge in [0.25, 0.3) is 0 Å². The van der Waals surface area contributed by atoms with Crippen molar-refractivity contribution >= 4 is 146 Å². The summed E-state index contributed by atoms with van der Waals surface area (Å²) >= 11 is 6.54. The highest BCUT2D eigenvalue weighted by Gasteiger charge is 2.43. The van der Waals surface area contributed by atoms with Crippen LogP contribution in [0.25, 0.3) is 33.4 Å². The van der Waals surface area contributed by atoms with Crippen molar-refractivity contribution in [1.29, 1.82) is 0 Å². The molecule has 5 aromatic rings. The van der Waals surface area contributed by atoms with Gasteiger partial charge in [0, 0.05) is 78.2 Å². The molecule has 0 saturated carbocycles. The van der Waals surface area contributed by atoms with E-state index in [4.69, 9.17) is 28.1 Å². The number of aliphatic hydroxyl groups is 1. The summed E-state index contributed by atoms with van der Waals surface area (Å²) in [4.78, 5) is 251. The topological polar surface area (TPSA) is 674 Å². The third kappa shape index (κ3) is 33.3. The Bertz CT molecular complexity index is 5640. The van der Waals surface area contributed by atoms with Crippen molar-refractivity contribution in [3.05, 3.63) is 172 Å². The number of carbonyl (C=O) groups excluding carboxylic acids is 13. The number of nitrogens with one attached hydrogen (secondary N) is 13. The van der Waals surface area contributed by atoms with E-state index in [2.05, 4.69) is 69.1 Å². The van der Waals surface area contributed by atoms with Crippen molar-refractivity contribution in [2.45, 2.75) is 210 Å². The first kappa shape index (κ1) is 111. The van der Waals surface area contributed by atoms with Crippen molar-refractivity contribution in [2.75, 3.05) is 37.3 Å². The zero-order valence-corrected chi connectivity index (χ0v) is 79.5. The maximum atomic E-state index is 15.1. The number of carboxylic acid groups (broad SMARTS) is 4. The standard InChI is InChI=1S/C96H120N16O26S2/c1-7-51(5)81(91(131)107-65(38-50(3)4)84(124)102-64(22-15-16-35-97)83(123)104-67(44-76(98)117)85(125)108-70(40-54-24-27-57(114)28-25-54)93(133)112-37-17-23-73(112)95(136)137)110-87(127)66(39-53-18-11-9-12-19-53)103-86(126)68(45-78(119)120)106-90(130)72(49-140-48-55-20-13-10-14-21-55)109-92(132)82(52(6)8-2)111-88(128)69(46-79(121)122)105-89(129)71(47-113)101-77(118)34-36-99-96(139)100-56-26-31-60(63(41-56)94(134)135)80-61-32-29-58(115)42-74(61)138-75-43-59(116)30-33-62(75)80/h9-14,18-21,24-33,41-43,50-52,64-73,81-82,113-115H,7-8,15-17,22-23,34-40,44-49,97H2,1-6H3,(H2,98,117)(H,101,118)(H,102,124)(H,103,126)(H,104,123)(H,105,129)(H,106,130)(H,107,131)(H,108,125)(H,109,132)(H,110,127)(H,111,128)(H,119,120)(H,121,122)(H,134,135)(H,136,137)(H2,99,100,139)/t51-,52-,64-,65-,66-,67-,68-,69-,70-,71-,72-,73-,81-,82-/m0/s1. The molecule has 752 valence electrons. The van der Waals surface area contributed by atoms with Crippen LogP contribution in [0.3, 0.4) is 0 Å². The number of primary amides is 1. The van der Waals surface area contributed by atoms with Crippen LogP contribution >= 0.6 is 24.0 Å². The zero-order chi connectivity index (χ0) is 103. The number of fused-ring (bicyclic) bond motifs is 2. The molecule has 44 heteroatoms. The average molecular weight is 1980 g/mol. The van der Waals surface area contributed by atoms with Crippen LogP contribution < -0.4 is 86.0 Å². The normalized spacial score (nSPS) is 15.1. The van der Waals surface area contributed by atoms with Crippen molar-refractivity contribution in [2.24, 2.45) is 29.2 Å². The first-order valence-electron chi connectivity index (χ1n) is 45.5. The molecule has 1 saturated heterocycles. The summed E-state index contributed by atoms with van der Waals surface area (Å²) in [5.74, 6) is -21.9. The monoisotopic (exact) mass is 1980 g/mol. The number of rotatable bonds is 54. The predicted molar refractivity (Wildman–Crippen MR) is 517 cm³/mol. The molecule has 0 unspecified atom stereocenters. The second-order valence-electron chi connectivity index (χ2n) is 34.4. The van der Waals surface area contributed by atoms with E-state index in [0.29, 0.717) is 40.5 Å². The molecule has 0 spiro atoms. The molecule has 0 bridgehead atoms. The summed E-state index contributed by atoms with van der Waals surface area (Å²) in [6.07, 6.45) is -3.06. The smallest absolute Gasteiger partial charge is 0.336 e. The van der Waals surface area contributed by atoms with Gasteiger partial charge in [-0.2, -0.15) is 11.8 Å². The first-order valence-corrected chi connectivity index (χ1v) is 47.1. The van der Waals surface area contributed by atoms with E-state index in [0.717, 1.165) is 22.2 Å².